The van der Waals surface area contributed by atoms with Gasteiger partial charge in [0.15, 0.2) is 0 Å². The molecule has 0 aliphatic carbocycles. The average Bonchev–Trinajstić information content (AvgIpc) is 2.82. The molecule has 7 nitrogen and oxygen atoms in total. The molecule has 7 heteroatoms. The van der Waals surface area contributed by atoms with Gasteiger partial charge >= 0.3 is 11.9 Å². The summed E-state index contributed by atoms with van der Waals surface area (Å²) in [5.74, 6) is -0.971. The van der Waals surface area contributed by atoms with Crippen molar-refractivity contribution in [3.63, 3.8) is 0 Å². The Morgan fingerprint density at radius 1 is 1.32 bits per heavy atom. The summed E-state index contributed by atoms with van der Waals surface area (Å²) >= 11 is 0. The molecule has 0 bridgehead atoms. The largest absolute Gasteiger partial charge is 0.456 e. The van der Waals surface area contributed by atoms with Crippen LogP contribution in [0.3, 0.4) is 0 Å². The summed E-state index contributed by atoms with van der Waals surface area (Å²) < 4.78 is 5.55. The highest BCUT2D eigenvalue weighted by molar-refractivity contribution is 5.86. The third-order valence-corrected chi connectivity index (χ3v) is 3.44. The number of hydroxylamine groups is 2. The van der Waals surface area contributed by atoms with Crippen LogP contribution >= 0.6 is 0 Å². The second-order valence-electron chi connectivity index (χ2n) is 6.11. The summed E-state index contributed by atoms with van der Waals surface area (Å²) in [5.41, 5.74) is 0.365. The van der Waals surface area contributed by atoms with Crippen LogP contribution in [0.5, 0.6) is 0 Å². The molecule has 1 saturated heterocycles. The van der Waals surface area contributed by atoms with Crippen LogP contribution in [0.25, 0.3) is 0 Å². The Kier molecular flexibility index (Phi) is 6.55. The third kappa shape index (κ3) is 6.26. The van der Waals surface area contributed by atoms with Crippen LogP contribution in [0.2, 0.25) is 0 Å². The first-order chi connectivity index (χ1) is 10.2. The van der Waals surface area contributed by atoms with E-state index in [4.69, 9.17) is 9.57 Å². The Bertz CT molecular complexity index is 459. The van der Waals surface area contributed by atoms with Crippen molar-refractivity contribution in [1.29, 1.82) is 0 Å². The third-order valence-electron chi connectivity index (χ3n) is 3.44. The molecule has 0 N–H and O–H groups in total. The molecule has 22 heavy (non-hydrogen) atoms. The number of carbonyl (C=O) groups excluding carboxylic acids is 3. The predicted octanol–water partition coefficient (Wildman–Crippen LogP) is 0.653. The van der Waals surface area contributed by atoms with E-state index in [1.54, 1.807) is 6.92 Å². The molecule has 1 fully saturated rings. The maximum absolute atomic E-state index is 11.7. The molecule has 0 atom stereocenters. The van der Waals surface area contributed by atoms with Crippen LogP contribution in [0.1, 0.15) is 26.2 Å². The summed E-state index contributed by atoms with van der Waals surface area (Å²) in [6.07, 6.45) is 1.36. The highest BCUT2D eigenvalue weighted by Crippen LogP contribution is 2.11. The van der Waals surface area contributed by atoms with E-state index in [2.05, 4.69) is 6.58 Å². The number of carbonyl (C=O) groups is 3. The van der Waals surface area contributed by atoms with E-state index in [0.29, 0.717) is 36.1 Å². The SMILES string of the molecule is C=C(C)C(=O)OCC[N+](C)(C)CCC(=O)ON1CCCC1=O. The van der Waals surface area contributed by atoms with Crippen LogP contribution in [0.15, 0.2) is 12.2 Å². The lowest BCUT2D eigenvalue weighted by Crippen LogP contribution is -2.44. The summed E-state index contributed by atoms with van der Waals surface area (Å²) in [5, 5.41) is 1.14. The summed E-state index contributed by atoms with van der Waals surface area (Å²) in [6.45, 7) is 6.95. The van der Waals surface area contributed by atoms with Crippen molar-refractivity contribution in [3.8, 4) is 0 Å². The monoisotopic (exact) mass is 313 g/mol. The smallest absolute Gasteiger partial charge is 0.338 e. The number of hydrogen-bond donors (Lipinski definition) is 0. The molecule has 1 amide bonds. The van der Waals surface area contributed by atoms with E-state index in [0.717, 1.165) is 11.5 Å². The minimum absolute atomic E-state index is 0.145. The fraction of sp³-hybridized carbons (Fsp3) is 0.667. The van der Waals surface area contributed by atoms with Crippen molar-refractivity contribution in [2.75, 3.05) is 40.3 Å². The first-order valence-electron chi connectivity index (χ1n) is 7.37. The number of amides is 1. The summed E-state index contributed by atoms with van der Waals surface area (Å²) in [4.78, 5) is 39.4. The lowest BCUT2D eigenvalue weighted by Gasteiger charge is -2.29. The molecule has 1 aliphatic heterocycles. The zero-order chi connectivity index (χ0) is 16.8. The molecule has 0 aromatic carbocycles. The van der Waals surface area contributed by atoms with Crippen LogP contribution < -0.4 is 0 Å². The molecule has 124 valence electrons. The highest BCUT2D eigenvalue weighted by Gasteiger charge is 2.25. The van der Waals surface area contributed by atoms with Gasteiger partial charge in [0.1, 0.15) is 13.2 Å². The predicted molar refractivity (Wildman–Crippen MR) is 79.3 cm³/mol. The number of rotatable bonds is 8. The Morgan fingerprint density at radius 2 is 2.00 bits per heavy atom. The van der Waals surface area contributed by atoms with Gasteiger partial charge in [0, 0.05) is 12.0 Å². The van der Waals surface area contributed by atoms with Crippen molar-refractivity contribution >= 4 is 17.8 Å². The minimum atomic E-state index is -0.416. The van der Waals surface area contributed by atoms with Gasteiger partial charge in [-0.3, -0.25) is 4.79 Å². The number of likely N-dealkylation sites (N-methyl/N-ethyl adjacent to an activating group) is 1. The molecule has 0 aromatic heterocycles. The van der Waals surface area contributed by atoms with Crippen LogP contribution in [0.4, 0.5) is 0 Å². The fourth-order valence-corrected chi connectivity index (χ4v) is 1.90. The molecule has 1 aliphatic rings. The Morgan fingerprint density at radius 3 is 2.55 bits per heavy atom. The van der Waals surface area contributed by atoms with Crippen molar-refractivity contribution in [3.05, 3.63) is 12.2 Å². The lowest BCUT2D eigenvalue weighted by molar-refractivity contribution is -0.889. The van der Waals surface area contributed by atoms with Crippen molar-refractivity contribution in [2.24, 2.45) is 0 Å². The van der Waals surface area contributed by atoms with Gasteiger partial charge in [-0.1, -0.05) is 6.58 Å². The molecule has 0 saturated carbocycles. The lowest BCUT2D eigenvalue weighted by atomic mass is 10.3. The first-order valence-corrected chi connectivity index (χ1v) is 7.37. The molecular formula is C15H25N2O5+. The molecule has 0 spiro atoms. The van der Waals surface area contributed by atoms with Gasteiger partial charge < -0.3 is 14.1 Å². The van der Waals surface area contributed by atoms with Gasteiger partial charge in [-0.05, 0) is 13.3 Å². The fourth-order valence-electron chi connectivity index (χ4n) is 1.90. The van der Waals surface area contributed by atoms with Gasteiger partial charge in [-0.15, -0.1) is 0 Å². The number of ether oxygens (including phenoxy) is 1. The van der Waals surface area contributed by atoms with Crippen molar-refractivity contribution in [1.82, 2.24) is 5.06 Å². The first kappa shape index (κ1) is 18.2. The Hall–Kier alpha value is -1.89. The summed E-state index contributed by atoms with van der Waals surface area (Å²) in [7, 11) is 3.87. The van der Waals surface area contributed by atoms with Crippen LogP contribution in [-0.2, 0) is 24.0 Å². The van der Waals surface area contributed by atoms with Gasteiger partial charge in [0.25, 0.3) is 5.91 Å². The van der Waals surface area contributed by atoms with E-state index < -0.39 is 11.9 Å². The van der Waals surface area contributed by atoms with Crippen LogP contribution in [0, 0.1) is 0 Å². The molecule has 1 rings (SSSR count). The average molecular weight is 313 g/mol. The molecular weight excluding hydrogens is 288 g/mol. The zero-order valence-electron chi connectivity index (χ0n) is 13.6. The Labute approximate surface area is 131 Å². The number of esters is 1. The molecule has 1 heterocycles. The second-order valence-corrected chi connectivity index (χ2v) is 6.11. The van der Waals surface area contributed by atoms with Gasteiger partial charge in [-0.25, -0.2) is 9.59 Å². The van der Waals surface area contributed by atoms with E-state index in [1.165, 1.54) is 0 Å². The standard InChI is InChI=1S/C15H25N2O5/c1-12(2)15(20)21-11-10-17(3,4)9-7-14(19)22-16-8-5-6-13(16)18/h1,5-11H2,2-4H3/q+1. The summed E-state index contributed by atoms with van der Waals surface area (Å²) in [6, 6.07) is 0. The number of nitrogens with zero attached hydrogens (tertiary/aromatic N) is 2. The van der Waals surface area contributed by atoms with Crippen molar-refractivity contribution in [2.45, 2.75) is 26.2 Å². The Balaban J connectivity index is 2.26. The minimum Gasteiger partial charge on any atom is -0.456 e. The number of quaternary nitrogens is 1. The van der Waals surface area contributed by atoms with Crippen LogP contribution in [-0.4, -0.2) is 67.7 Å². The van der Waals surface area contributed by atoms with Gasteiger partial charge in [0.05, 0.1) is 33.6 Å². The molecule has 0 aromatic rings. The quantitative estimate of drug-likeness (QED) is 0.374. The van der Waals surface area contributed by atoms with Crippen molar-refractivity contribution < 1.29 is 28.4 Å². The molecule has 0 radical (unpaired) electrons. The zero-order valence-corrected chi connectivity index (χ0v) is 13.6. The maximum Gasteiger partial charge on any atom is 0.338 e. The van der Waals surface area contributed by atoms with E-state index in [9.17, 15) is 14.4 Å². The van der Waals surface area contributed by atoms with Gasteiger partial charge in [0.2, 0.25) is 0 Å². The number of hydrogen-bond acceptors (Lipinski definition) is 5. The second kappa shape index (κ2) is 7.93. The topological polar surface area (TPSA) is 72.9 Å². The highest BCUT2D eigenvalue weighted by atomic mass is 16.7. The van der Waals surface area contributed by atoms with E-state index >= 15 is 0 Å². The normalized spacial score (nSPS) is 14.9. The van der Waals surface area contributed by atoms with E-state index in [-0.39, 0.29) is 18.9 Å². The maximum atomic E-state index is 11.7. The molecule has 0 unspecified atom stereocenters. The van der Waals surface area contributed by atoms with E-state index in [1.807, 2.05) is 14.1 Å². The van der Waals surface area contributed by atoms with Gasteiger partial charge in [-0.2, -0.15) is 5.06 Å².